The number of carbonyl (C=O) groups is 1. The van der Waals surface area contributed by atoms with Crippen molar-refractivity contribution in [2.24, 2.45) is 0 Å². The number of hydrogen-bond donors (Lipinski definition) is 0. The maximum Gasteiger partial charge on any atom is 0.432 e. The van der Waals surface area contributed by atoms with Crippen LogP contribution in [0.1, 0.15) is 128 Å². The van der Waals surface area contributed by atoms with Crippen LogP contribution in [0.5, 0.6) is 0 Å². The topological polar surface area (TPSA) is 131 Å². The summed E-state index contributed by atoms with van der Waals surface area (Å²) >= 11 is 0. The van der Waals surface area contributed by atoms with Gasteiger partial charge in [-0.3, -0.25) is 14.3 Å². The van der Waals surface area contributed by atoms with Crippen molar-refractivity contribution in [1.82, 2.24) is 0 Å². The van der Waals surface area contributed by atoms with Gasteiger partial charge in [0.25, 0.3) is 21.4 Å². The van der Waals surface area contributed by atoms with Gasteiger partial charge < -0.3 is 14.2 Å². The summed E-state index contributed by atoms with van der Waals surface area (Å²) in [4.78, 5) is 23.1. The van der Waals surface area contributed by atoms with E-state index in [2.05, 4.69) is 6.92 Å². The SMILES string of the molecule is CCCCCCCCCCCCCCCCCCCCOC[C@H](COS(=O)(=O)c1cccc([N+](=O)[O-])c1)OC(=O)[C@](OC)(c1ccccc1)C(F)(F)F. The highest BCUT2D eigenvalue weighted by Gasteiger charge is 2.64. The molecular weight excluding hydrogens is 715 g/mol. The van der Waals surface area contributed by atoms with E-state index < -0.39 is 68.3 Å². The van der Waals surface area contributed by atoms with Gasteiger partial charge in [-0.1, -0.05) is 152 Å². The largest absolute Gasteiger partial charge is 0.455 e. The van der Waals surface area contributed by atoms with Crippen molar-refractivity contribution in [2.45, 2.75) is 145 Å². The van der Waals surface area contributed by atoms with Crippen LogP contribution in [0.4, 0.5) is 18.9 Å². The molecule has 10 nitrogen and oxygen atoms in total. The van der Waals surface area contributed by atoms with E-state index in [-0.39, 0.29) is 6.61 Å². The number of nitro benzene ring substituents is 1. The molecule has 0 aliphatic carbocycles. The fraction of sp³-hybridized carbons (Fsp3) is 0.667. The summed E-state index contributed by atoms with van der Waals surface area (Å²) in [5, 5.41) is 11.1. The minimum Gasteiger partial charge on any atom is -0.455 e. The predicted molar refractivity (Wildman–Crippen MR) is 197 cm³/mol. The summed E-state index contributed by atoms with van der Waals surface area (Å²) in [5.41, 5.74) is -4.56. The van der Waals surface area contributed by atoms with E-state index in [0.29, 0.717) is 6.42 Å². The molecule has 300 valence electrons. The van der Waals surface area contributed by atoms with E-state index in [0.717, 1.165) is 69.2 Å². The number of halogens is 3. The molecular formula is C39H58F3NO9S. The van der Waals surface area contributed by atoms with Crippen LogP contribution in [0, 0.1) is 10.1 Å². The Labute approximate surface area is 313 Å². The second-order valence-corrected chi connectivity index (χ2v) is 15.0. The average Bonchev–Trinajstić information content (AvgIpc) is 3.13. The van der Waals surface area contributed by atoms with E-state index in [1.54, 1.807) is 0 Å². The molecule has 0 heterocycles. The van der Waals surface area contributed by atoms with Crippen LogP contribution in [0.25, 0.3) is 0 Å². The van der Waals surface area contributed by atoms with Gasteiger partial charge in [-0.15, -0.1) is 0 Å². The molecule has 0 bridgehead atoms. The molecule has 0 aliphatic rings. The lowest BCUT2D eigenvalue weighted by atomic mass is 9.92. The number of nitro groups is 1. The monoisotopic (exact) mass is 773 g/mol. The van der Waals surface area contributed by atoms with Gasteiger partial charge in [0.2, 0.25) is 0 Å². The lowest BCUT2D eigenvalue weighted by Gasteiger charge is -2.33. The molecule has 2 aromatic rings. The van der Waals surface area contributed by atoms with Crippen LogP contribution in [0.15, 0.2) is 59.5 Å². The van der Waals surface area contributed by atoms with Gasteiger partial charge in [-0.05, 0) is 12.5 Å². The second kappa shape index (κ2) is 25.1. The number of hydrogen-bond acceptors (Lipinski definition) is 9. The summed E-state index contributed by atoms with van der Waals surface area (Å²) in [6.07, 6.45) is 15.0. The first-order valence-corrected chi connectivity index (χ1v) is 20.4. The highest BCUT2D eigenvalue weighted by molar-refractivity contribution is 7.86. The van der Waals surface area contributed by atoms with Gasteiger partial charge in [0.05, 0.1) is 11.5 Å². The predicted octanol–water partition coefficient (Wildman–Crippen LogP) is 10.4. The van der Waals surface area contributed by atoms with Crippen molar-refractivity contribution in [3.63, 3.8) is 0 Å². The van der Waals surface area contributed by atoms with Gasteiger partial charge >= 0.3 is 12.1 Å². The van der Waals surface area contributed by atoms with Crippen LogP contribution in [0.2, 0.25) is 0 Å². The van der Waals surface area contributed by atoms with Crippen molar-refractivity contribution in [2.75, 3.05) is 26.9 Å². The molecule has 0 spiro atoms. The number of non-ortho nitro benzene ring substituents is 1. The third-order valence-electron chi connectivity index (χ3n) is 9.12. The molecule has 0 unspecified atom stereocenters. The lowest BCUT2D eigenvalue weighted by Crippen LogP contribution is -2.53. The number of benzene rings is 2. The Hall–Kier alpha value is -3.07. The van der Waals surface area contributed by atoms with E-state index in [1.807, 2.05) is 0 Å². The minimum atomic E-state index is -5.26. The fourth-order valence-corrected chi connectivity index (χ4v) is 7.02. The molecule has 0 N–H and O–H groups in total. The second-order valence-electron chi connectivity index (χ2n) is 13.4. The summed E-state index contributed by atoms with van der Waals surface area (Å²) in [6.45, 7) is 1.05. The van der Waals surface area contributed by atoms with Crippen molar-refractivity contribution in [1.29, 1.82) is 0 Å². The zero-order valence-corrected chi connectivity index (χ0v) is 32.1. The first kappa shape index (κ1) is 46.1. The Morgan fingerprint density at radius 2 is 1.26 bits per heavy atom. The van der Waals surface area contributed by atoms with Crippen LogP contribution in [0.3, 0.4) is 0 Å². The molecule has 2 rings (SSSR count). The van der Waals surface area contributed by atoms with Crippen LogP contribution in [-0.2, 0) is 38.9 Å². The molecule has 2 atom stereocenters. The van der Waals surface area contributed by atoms with Gasteiger partial charge in [0, 0.05) is 31.4 Å². The molecule has 0 aromatic heterocycles. The van der Waals surface area contributed by atoms with E-state index in [4.69, 9.17) is 18.4 Å². The summed E-state index contributed by atoms with van der Waals surface area (Å²) in [6, 6.07) is 10.3. The average molecular weight is 774 g/mol. The number of nitrogens with zero attached hydrogens (tertiary/aromatic N) is 1. The zero-order valence-electron chi connectivity index (χ0n) is 31.3. The first-order valence-electron chi connectivity index (χ1n) is 19.0. The van der Waals surface area contributed by atoms with E-state index in [1.165, 1.54) is 102 Å². The molecule has 2 aromatic carbocycles. The highest BCUT2D eigenvalue weighted by atomic mass is 32.2. The van der Waals surface area contributed by atoms with Crippen molar-refractivity contribution >= 4 is 21.8 Å². The minimum absolute atomic E-state index is 0.192. The number of rotatable bonds is 30. The molecule has 0 radical (unpaired) electrons. The molecule has 53 heavy (non-hydrogen) atoms. The Morgan fingerprint density at radius 3 is 1.74 bits per heavy atom. The first-order chi connectivity index (χ1) is 25.4. The Morgan fingerprint density at radius 1 is 0.755 bits per heavy atom. The number of methoxy groups -OCH3 is 1. The zero-order chi connectivity index (χ0) is 39.0. The third-order valence-corrected chi connectivity index (χ3v) is 10.4. The van der Waals surface area contributed by atoms with E-state index >= 15 is 0 Å². The van der Waals surface area contributed by atoms with Crippen molar-refractivity contribution < 1.29 is 49.7 Å². The van der Waals surface area contributed by atoms with Gasteiger partial charge in [0.1, 0.15) is 17.6 Å². The Kier molecular flexibility index (Phi) is 21.8. The summed E-state index contributed by atoms with van der Waals surface area (Å²) < 4.78 is 89.8. The van der Waals surface area contributed by atoms with Crippen LogP contribution < -0.4 is 0 Å². The number of ether oxygens (including phenoxy) is 3. The standard InChI is InChI=1S/C39H58F3NO9S/c1-3-4-5-6-7-8-9-10-11-12-13-14-15-16-17-18-19-23-29-50-31-35(32-51-53(47,48)36-28-24-27-34(30-36)43(45)46)52-37(44)38(49-2,39(40,41)42)33-25-21-20-22-26-33/h20-22,24-28,30,35H,3-19,23,29,31-32H2,1-2H3/t35-,38-/m1/s1. The normalized spacial score (nSPS) is 13.8. The molecule has 0 aliphatic heterocycles. The summed E-state index contributed by atoms with van der Waals surface area (Å²) in [5.74, 6) is -1.84. The number of carbonyl (C=O) groups excluding carboxylic acids is 1. The maximum absolute atomic E-state index is 14.5. The molecule has 0 saturated carbocycles. The summed E-state index contributed by atoms with van der Waals surface area (Å²) in [7, 11) is -3.92. The number of esters is 1. The highest BCUT2D eigenvalue weighted by Crippen LogP contribution is 2.43. The van der Waals surface area contributed by atoms with Crippen LogP contribution >= 0.6 is 0 Å². The molecule has 0 fully saturated rings. The Bertz CT molecular complexity index is 1430. The Balaban J connectivity index is 1.84. The smallest absolute Gasteiger partial charge is 0.432 e. The quantitative estimate of drug-likeness (QED) is 0.0250. The molecule has 14 heteroatoms. The van der Waals surface area contributed by atoms with Gasteiger partial charge in [-0.2, -0.15) is 21.6 Å². The van der Waals surface area contributed by atoms with Crippen LogP contribution in [-0.4, -0.2) is 58.5 Å². The number of unbranched alkanes of at least 4 members (excludes halogenated alkanes) is 17. The molecule has 0 amide bonds. The maximum atomic E-state index is 14.5. The van der Waals surface area contributed by atoms with Crippen molar-refractivity contribution in [3.8, 4) is 0 Å². The van der Waals surface area contributed by atoms with Gasteiger partial charge in [-0.25, -0.2) is 4.79 Å². The van der Waals surface area contributed by atoms with E-state index in [9.17, 15) is 36.5 Å². The lowest BCUT2D eigenvalue weighted by molar-refractivity contribution is -0.385. The third kappa shape index (κ3) is 16.5. The fourth-order valence-electron chi connectivity index (χ4n) is 6.04. The molecule has 0 saturated heterocycles. The van der Waals surface area contributed by atoms with Gasteiger partial charge in [0.15, 0.2) is 0 Å². The van der Waals surface area contributed by atoms with Crippen molar-refractivity contribution in [3.05, 3.63) is 70.3 Å². The number of alkyl halides is 3.